The van der Waals surface area contributed by atoms with Crippen molar-refractivity contribution in [2.75, 3.05) is 12.5 Å². The molecule has 0 aliphatic carbocycles. The summed E-state index contributed by atoms with van der Waals surface area (Å²) in [6, 6.07) is 11.9. The lowest BCUT2D eigenvalue weighted by atomic mass is 10.2. The lowest BCUT2D eigenvalue weighted by molar-refractivity contribution is 0.174. The van der Waals surface area contributed by atoms with Crippen LogP contribution in [0.15, 0.2) is 45.8 Å². The SMILES string of the molecule is Nc1ccc(SCc2ccc3c(c2)OCO3)c(Br)c1. The van der Waals surface area contributed by atoms with Gasteiger partial charge in [0, 0.05) is 20.8 Å². The number of nitrogens with two attached hydrogens (primary N) is 1. The highest BCUT2D eigenvalue weighted by atomic mass is 79.9. The Morgan fingerprint density at radius 1 is 1.11 bits per heavy atom. The Morgan fingerprint density at radius 3 is 2.79 bits per heavy atom. The number of nitrogen functional groups attached to an aromatic ring is 1. The highest BCUT2D eigenvalue weighted by Crippen LogP contribution is 2.36. The molecule has 19 heavy (non-hydrogen) atoms. The standard InChI is InChI=1S/C14H12BrNO2S/c15-11-6-10(16)2-4-14(11)19-7-9-1-3-12-13(5-9)18-8-17-12/h1-6H,7-8,16H2. The summed E-state index contributed by atoms with van der Waals surface area (Å²) in [5, 5.41) is 0. The molecule has 1 aliphatic rings. The number of anilines is 1. The molecule has 0 saturated carbocycles. The largest absolute Gasteiger partial charge is 0.454 e. The Balaban J connectivity index is 1.72. The van der Waals surface area contributed by atoms with Gasteiger partial charge in [0.2, 0.25) is 6.79 Å². The number of hydrogen-bond donors (Lipinski definition) is 1. The summed E-state index contributed by atoms with van der Waals surface area (Å²) in [4.78, 5) is 1.17. The van der Waals surface area contributed by atoms with Crippen LogP contribution in [-0.4, -0.2) is 6.79 Å². The Labute approximate surface area is 124 Å². The quantitative estimate of drug-likeness (QED) is 0.677. The van der Waals surface area contributed by atoms with Gasteiger partial charge in [0.15, 0.2) is 11.5 Å². The first-order valence-corrected chi connectivity index (χ1v) is 7.56. The summed E-state index contributed by atoms with van der Waals surface area (Å²) in [5.41, 5.74) is 7.70. The smallest absolute Gasteiger partial charge is 0.231 e. The molecule has 0 bridgehead atoms. The molecule has 1 aliphatic heterocycles. The van der Waals surface area contributed by atoms with E-state index in [0.29, 0.717) is 6.79 Å². The average molecular weight is 338 g/mol. The molecule has 0 radical (unpaired) electrons. The third kappa shape index (κ3) is 2.82. The monoisotopic (exact) mass is 337 g/mol. The van der Waals surface area contributed by atoms with Gasteiger partial charge < -0.3 is 15.2 Å². The van der Waals surface area contributed by atoms with E-state index in [1.54, 1.807) is 11.8 Å². The summed E-state index contributed by atoms with van der Waals surface area (Å²) in [6.07, 6.45) is 0. The van der Waals surface area contributed by atoms with Crippen molar-refractivity contribution in [1.82, 2.24) is 0 Å². The fourth-order valence-corrected chi connectivity index (χ4v) is 3.43. The van der Waals surface area contributed by atoms with Gasteiger partial charge in [0.1, 0.15) is 0 Å². The average Bonchev–Trinajstić information content (AvgIpc) is 2.85. The number of fused-ring (bicyclic) bond motifs is 1. The Kier molecular flexibility index (Phi) is 3.57. The minimum atomic E-state index is 0.315. The molecule has 0 spiro atoms. The van der Waals surface area contributed by atoms with E-state index in [1.165, 1.54) is 10.5 Å². The molecular formula is C14H12BrNO2S. The zero-order chi connectivity index (χ0) is 13.2. The van der Waals surface area contributed by atoms with E-state index in [1.807, 2.05) is 30.3 Å². The second-order valence-electron chi connectivity index (χ2n) is 4.17. The number of rotatable bonds is 3. The fraction of sp³-hybridized carbons (Fsp3) is 0.143. The van der Waals surface area contributed by atoms with Crippen molar-refractivity contribution in [3.63, 3.8) is 0 Å². The normalized spacial score (nSPS) is 12.7. The fourth-order valence-electron chi connectivity index (χ4n) is 1.83. The van der Waals surface area contributed by atoms with Crippen LogP contribution in [0.25, 0.3) is 0 Å². The summed E-state index contributed by atoms with van der Waals surface area (Å²) in [5.74, 6) is 2.52. The van der Waals surface area contributed by atoms with Gasteiger partial charge in [-0.1, -0.05) is 6.07 Å². The van der Waals surface area contributed by atoms with Gasteiger partial charge in [-0.3, -0.25) is 0 Å². The van der Waals surface area contributed by atoms with Gasteiger partial charge in [-0.2, -0.15) is 0 Å². The summed E-state index contributed by atoms with van der Waals surface area (Å²) < 4.78 is 11.7. The Bertz CT molecular complexity index is 618. The third-order valence-corrected chi connectivity index (χ3v) is 4.85. The van der Waals surface area contributed by atoms with Crippen molar-refractivity contribution in [3.05, 3.63) is 46.4 Å². The maximum atomic E-state index is 5.73. The first-order chi connectivity index (χ1) is 9.22. The van der Waals surface area contributed by atoms with Crippen LogP contribution in [0.5, 0.6) is 11.5 Å². The van der Waals surface area contributed by atoms with E-state index in [0.717, 1.165) is 27.4 Å². The van der Waals surface area contributed by atoms with Crippen molar-refractivity contribution in [3.8, 4) is 11.5 Å². The molecule has 0 saturated heterocycles. The van der Waals surface area contributed by atoms with Crippen molar-refractivity contribution >= 4 is 33.4 Å². The number of halogens is 1. The van der Waals surface area contributed by atoms with Gasteiger partial charge in [-0.25, -0.2) is 0 Å². The minimum Gasteiger partial charge on any atom is -0.454 e. The topological polar surface area (TPSA) is 44.5 Å². The highest BCUT2D eigenvalue weighted by Gasteiger charge is 2.13. The van der Waals surface area contributed by atoms with Gasteiger partial charge in [-0.05, 0) is 51.8 Å². The zero-order valence-electron chi connectivity index (χ0n) is 10.1. The van der Waals surface area contributed by atoms with Crippen LogP contribution in [0.1, 0.15) is 5.56 Å². The lowest BCUT2D eigenvalue weighted by Crippen LogP contribution is -1.92. The number of benzene rings is 2. The molecule has 1 heterocycles. The number of hydrogen-bond acceptors (Lipinski definition) is 4. The van der Waals surface area contributed by atoms with Crippen LogP contribution in [0.2, 0.25) is 0 Å². The molecule has 0 fully saturated rings. The molecule has 98 valence electrons. The molecule has 0 amide bonds. The van der Waals surface area contributed by atoms with Gasteiger partial charge >= 0.3 is 0 Å². The van der Waals surface area contributed by atoms with Crippen molar-refractivity contribution < 1.29 is 9.47 Å². The second-order valence-corrected chi connectivity index (χ2v) is 6.04. The van der Waals surface area contributed by atoms with Crippen LogP contribution in [-0.2, 0) is 5.75 Å². The molecule has 0 unspecified atom stereocenters. The van der Waals surface area contributed by atoms with Crippen LogP contribution in [0.3, 0.4) is 0 Å². The van der Waals surface area contributed by atoms with E-state index in [4.69, 9.17) is 15.2 Å². The molecule has 5 heteroatoms. The third-order valence-electron chi connectivity index (χ3n) is 2.79. The molecular weight excluding hydrogens is 326 g/mol. The summed E-state index contributed by atoms with van der Waals surface area (Å²) >= 11 is 5.28. The molecule has 2 aromatic rings. The van der Waals surface area contributed by atoms with Crippen molar-refractivity contribution in [1.29, 1.82) is 0 Å². The predicted molar refractivity (Wildman–Crippen MR) is 80.7 cm³/mol. The van der Waals surface area contributed by atoms with Crippen LogP contribution < -0.4 is 15.2 Å². The maximum Gasteiger partial charge on any atom is 0.231 e. The van der Waals surface area contributed by atoms with E-state index in [2.05, 4.69) is 22.0 Å². The molecule has 3 rings (SSSR count). The maximum absolute atomic E-state index is 5.73. The predicted octanol–water partition coefficient (Wildman–Crippen LogP) is 4.05. The van der Waals surface area contributed by atoms with E-state index in [-0.39, 0.29) is 0 Å². The summed E-state index contributed by atoms with van der Waals surface area (Å²) in [7, 11) is 0. The van der Waals surface area contributed by atoms with Crippen LogP contribution in [0, 0.1) is 0 Å². The first kappa shape index (κ1) is 12.7. The Hall–Kier alpha value is -1.33. The van der Waals surface area contributed by atoms with Gasteiger partial charge in [0.05, 0.1) is 0 Å². The first-order valence-electron chi connectivity index (χ1n) is 5.79. The van der Waals surface area contributed by atoms with Crippen LogP contribution >= 0.6 is 27.7 Å². The van der Waals surface area contributed by atoms with E-state index < -0.39 is 0 Å². The highest BCUT2D eigenvalue weighted by molar-refractivity contribution is 9.10. The van der Waals surface area contributed by atoms with E-state index >= 15 is 0 Å². The molecule has 0 atom stereocenters. The number of thioether (sulfide) groups is 1. The second kappa shape index (κ2) is 5.35. The van der Waals surface area contributed by atoms with Crippen molar-refractivity contribution in [2.24, 2.45) is 0 Å². The number of ether oxygens (including phenoxy) is 2. The lowest BCUT2D eigenvalue weighted by Gasteiger charge is -2.06. The molecule has 2 aromatic carbocycles. The molecule has 3 nitrogen and oxygen atoms in total. The van der Waals surface area contributed by atoms with E-state index in [9.17, 15) is 0 Å². The van der Waals surface area contributed by atoms with Gasteiger partial charge in [0.25, 0.3) is 0 Å². The van der Waals surface area contributed by atoms with Crippen LogP contribution in [0.4, 0.5) is 5.69 Å². The molecule has 0 aromatic heterocycles. The molecule has 2 N–H and O–H groups in total. The Morgan fingerprint density at radius 2 is 1.95 bits per heavy atom. The summed E-state index contributed by atoms with van der Waals surface area (Å²) in [6.45, 7) is 0.315. The van der Waals surface area contributed by atoms with Gasteiger partial charge in [-0.15, -0.1) is 11.8 Å². The van der Waals surface area contributed by atoms with Crippen molar-refractivity contribution in [2.45, 2.75) is 10.6 Å². The zero-order valence-corrected chi connectivity index (χ0v) is 12.5. The minimum absolute atomic E-state index is 0.315.